The van der Waals surface area contributed by atoms with Crippen LogP contribution in [0.2, 0.25) is 0 Å². The van der Waals surface area contributed by atoms with Crippen molar-refractivity contribution in [3.8, 4) is 0 Å². The van der Waals surface area contributed by atoms with E-state index in [1.54, 1.807) is 5.56 Å². The predicted molar refractivity (Wildman–Crippen MR) is 78.1 cm³/mol. The fourth-order valence-electron chi connectivity index (χ4n) is 4.53. The molecule has 18 heavy (non-hydrogen) atoms. The largest absolute Gasteiger partial charge is 0.378 e. The van der Waals surface area contributed by atoms with E-state index in [1.807, 2.05) is 0 Å². The molecule has 1 aromatic rings. The van der Waals surface area contributed by atoms with Gasteiger partial charge in [-0.2, -0.15) is 0 Å². The van der Waals surface area contributed by atoms with Crippen molar-refractivity contribution >= 4 is 5.69 Å². The highest BCUT2D eigenvalue weighted by molar-refractivity contribution is 5.65. The topological polar surface area (TPSA) is 12.0 Å². The first-order valence-electron chi connectivity index (χ1n) is 7.52. The van der Waals surface area contributed by atoms with Crippen molar-refractivity contribution in [1.29, 1.82) is 0 Å². The third-order valence-electron chi connectivity index (χ3n) is 5.82. The Morgan fingerprint density at radius 3 is 2.72 bits per heavy atom. The smallest absolute Gasteiger partial charge is 0.0493 e. The predicted octanol–water partition coefficient (Wildman–Crippen LogP) is 4.73. The van der Waals surface area contributed by atoms with E-state index in [-0.39, 0.29) is 0 Å². The molecular formula is C17H25N. The molecule has 2 aliphatic rings. The molecule has 3 atom stereocenters. The standard InChI is InChI=1S/C17H25N/c1-4-13(2)17-12-8-7-11-16(17,3)14-9-5-6-10-15(14)18-17/h5-6,9-10,13,18H,4,7-8,11-12H2,1-3H3/t13-,16+,17-/m0/s1. The molecule has 1 fully saturated rings. The first kappa shape index (κ1) is 12.1. The molecule has 98 valence electrons. The Morgan fingerprint density at radius 1 is 1.22 bits per heavy atom. The van der Waals surface area contributed by atoms with E-state index < -0.39 is 0 Å². The van der Waals surface area contributed by atoms with Crippen LogP contribution in [0.1, 0.15) is 58.4 Å². The quantitative estimate of drug-likeness (QED) is 0.792. The summed E-state index contributed by atoms with van der Waals surface area (Å²) in [6.45, 7) is 7.26. The summed E-state index contributed by atoms with van der Waals surface area (Å²) < 4.78 is 0. The SMILES string of the molecule is CC[C@H](C)[C@@]12CCCC[C@]1(C)c1ccccc1N2. The van der Waals surface area contributed by atoms with Crippen molar-refractivity contribution in [2.24, 2.45) is 5.92 Å². The fourth-order valence-corrected chi connectivity index (χ4v) is 4.53. The molecule has 1 nitrogen and oxygen atoms in total. The van der Waals surface area contributed by atoms with Crippen LogP contribution in [-0.2, 0) is 5.41 Å². The number of hydrogen-bond donors (Lipinski definition) is 1. The van der Waals surface area contributed by atoms with Crippen LogP contribution >= 0.6 is 0 Å². The Bertz CT molecular complexity index is 453. The lowest BCUT2D eigenvalue weighted by molar-refractivity contribution is 0.132. The van der Waals surface area contributed by atoms with E-state index >= 15 is 0 Å². The van der Waals surface area contributed by atoms with E-state index in [2.05, 4.69) is 50.4 Å². The monoisotopic (exact) mass is 243 g/mol. The summed E-state index contributed by atoms with van der Waals surface area (Å²) in [4.78, 5) is 0. The Morgan fingerprint density at radius 2 is 1.94 bits per heavy atom. The Kier molecular flexibility index (Phi) is 2.69. The minimum Gasteiger partial charge on any atom is -0.378 e. The van der Waals surface area contributed by atoms with Crippen molar-refractivity contribution < 1.29 is 0 Å². The Balaban J connectivity index is 2.14. The zero-order chi connectivity index (χ0) is 12.8. The van der Waals surface area contributed by atoms with Gasteiger partial charge in [0.25, 0.3) is 0 Å². The van der Waals surface area contributed by atoms with E-state index in [4.69, 9.17) is 0 Å². The molecule has 0 unspecified atom stereocenters. The minimum absolute atomic E-state index is 0.295. The molecule has 0 aromatic heterocycles. The van der Waals surface area contributed by atoms with E-state index in [1.165, 1.54) is 37.8 Å². The number of anilines is 1. The van der Waals surface area contributed by atoms with Crippen LogP contribution in [0.4, 0.5) is 5.69 Å². The van der Waals surface area contributed by atoms with Crippen molar-refractivity contribution in [2.45, 2.75) is 63.8 Å². The van der Waals surface area contributed by atoms with Gasteiger partial charge in [0.1, 0.15) is 0 Å². The van der Waals surface area contributed by atoms with Gasteiger partial charge >= 0.3 is 0 Å². The van der Waals surface area contributed by atoms with Crippen LogP contribution in [0.25, 0.3) is 0 Å². The number of para-hydroxylation sites is 1. The van der Waals surface area contributed by atoms with Crippen molar-refractivity contribution in [2.75, 3.05) is 5.32 Å². The third kappa shape index (κ3) is 1.34. The number of nitrogens with one attached hydrogen (secondary N) is 1. The Labute approximate surface area is 111 Å². The van der Waals surface area contributed by atoms with Crippen LogP contribution in [0.5, 0.6) is 0 Å². The second-order valence-electron chi connectivity index (χ2n) is 6.49. The molecule has 1 aromatic carbocycles. The summed E-state index contributed by atoms with van der Waals surface area (Å²) in [5, 5.41) is 3.94. The maximum Gasteiger partial charge on any atom is 0.0493 e. The summed E-state index contributed by atoms with van der Waals surface area (Å²) in [6.07, 6.45) is 6.68. The average molecular weight is 243 g/mol. The van der Waals surface area contributed by atoms with Crippen LogP contribution < -0.4 is 5.32 Å². The highest BCUT2D eigenvalue weighted by Crippen LogP contribution is 2.58. The molecule has 1 heterocycles. The van der Waals surface area contributed by atoms with Gasteiger partial charge in [0.05, 0.1) is 0 Å². The molecule has 0 saturated heterocycles. The molecule has 0 spiro atoms. The van der Waals surface area contributed by atoms with Crippen LogP contribution in [0, 0.1) is 5.92 Å². The summed E-state index contributed by atoms with van der Waals surface area (Å²) in [6, 6.07) is 8.98. The van der Waals surface area contributed by atoms with Crippen LogP contribution in [0.3, 0.4) is 0 Å². The van der Waals surface area contributed by atoms with E-state index in [0.29, 0.717) is 11.0 Å². The summed E-state index contributed by atoms with van der Waals surface area (Å²) in [5.74, 6) is 0.732. The number of hydrogen-bond acceptors (Lipinski definition) is 1. The molecule has 1 N–H and O–H groups in total. The van der Waals surface area contributed by atoms with Gasteiger partial charge in [0, 0.05) is 16.6 Å². The van der Waals surface area contributed by atoms with E-state index in [9.17, 15) is 0 Å². The fraction of sp³-hybridized carbons (Fsp3) is 0.647. The number of benzene rings is 1. The molecule has 1 aliphatic carbocycles. The first-order chi connectivity index (χ1) is 8.64. The Hall–Kier alpha value is -0.980. The summed E-state index contributed by atoms with van der Waals surface area (Å²) in [7, 11) is 0. The van der Waals surface area contributed by atoms with Gasteiger partial charge in [-0.05, 0) is 30.4 Å². The van der Waals surface area contributed by atoms with Gasteiger partial charge in [0.2, 0.25) is 0 Å². The number of fused-ring (bicyclic) bond motifs is 3. The average Bonchev–Trinajstić information content (AvgIpc) is 2.68. The second kappa shape index (κ2) is 4.01. The lowest BCUT2D eigenvalue weighted by Gasteiger charge is -2.51. The first-order valence-corrected chi connectivity index (χ1v) is 7.52. The summed E-state index contributed by atoms with van der Waals surface area (Å²) >= 11 is 0. The second-order valence-corrected chi connectivity index (χ2v) is 6.49. The molecule has 0 amide bonds. The molecule has 0 bridgehead atoms. The molecule has 0 radical (unpaired) electrons. The van der Waals surface area contributed by atoms with Crippen molar-refractivity contribution in [3.05, 3.63) is 29.8 Å². The third-order valence-corrected chi connectivity index (χ3v) is 5.82. The van der Waals surface area contributed by atoms with Gasteiger partial charge in [-0.1, -0.05) is 58.2 Å². The van der Waals surface area contributed by atoms with Crippen molar-refractivity contribution in [3.63, 3.8) is 0 Å². The van der Waals surface area contributed by atoms with Gasteiger partial charge in [-0.15, -0.1) is 0 Å². The highest BCUT2D eigenvalue weighted by Gasteiger charge is 2.57. The van der Waals surface area contributed by atoms with E-state index in [0.717, 1.165) is 5.92 Å². The highest BCUT2D eigenvalue weighted by atomic mass is 15.1. The summed E-state index contributed by atoms with van der Waals surface area (Å²) in [5.41, 5.74) is 3.58. The molecule has 1 aliphatic heterocycles. The van der Waals surface area contributed by atoms with Crippen molar-refractivity contribution in [1.82, 2.24) is 0 Å². The normalized spacial score (nSPS) is 35.5. The molecular weight excluding hydrogens is 218 g/mol. The van der Waals surface area contributed by atoms with Gasteiger partial charge in [-0.25, -0.2) is 0 Å². The lowest BCUT2D eigenvalue weighted by atomic mass is 9.56. The van der Waals surface area contributed by atoms with Crippen LogP contribution in [-0.4, -0.2) is 5.54 Å². The lowest BCUT2D eigenvalue weighted by Crippen LogP contribution is -2.57. The minimum atomic E-state index is 0.295. The molecule has 1 heteroatoms. The molecule has 3 rings (SSSR count). The number of rotatable bonds is 2. The zero-order valence-corrected chi connectivity index (χ0v) is 11.9. The zero-order valence-electron chi connectivity index (χ0n) is 11.9. The maximum absolute atomic E-state index is 3.94. The maximum atomic E-state index is 3.94. The van der Waals surface area contributed by atoms with Gasteiger partial charge < -0.3 is 5.32 Å². The van der Waals surface area contributed by atoms with Crippen LogP contribution in [0.15, 0.2) is 24.3 Å². The van der Waals surface area contributed by atoms with Gasteiger partial charge in [0.15, 0.2) is 0 Å². The molecule has 1 saturated carbocycles. The van der Waals surface area contributed by atoms with Gasteiger partial charge in [-0.3, -0.25) is 0 Å².